The summed E-state index contributed by atoms with van der Waals surface area (Å²) in [7, 11) is 0. The van der Waals surface area contributed by atoms with E-state index >= 15 is 0 Å². The highest BCUT2D eigenvalue weighted by Gasteiger charge is 2.34. The quantitative estimate of drug-likeness (QED) is 0.809. The van der Waals surface area contributed by atoms with Gasteiger partial charge in [-0.2, -0.15) is 0 Å². The van der Waals surface area contributed by atoms with Gasteiger partial charge in [0, 0.05) is 0 Å². The number of Topliss-reactive ketones (excluding diaryl/α,β-unsaturated/α-hetero) is 1. The molecule has 0 saturated heterocycles. The highest BCUT2D eigenvalue weighted by Crippen LogP contribution is 2.29. The van der Waals surface area contributed by atoms with Gasteiger partial charge in [0.05, 0.1) is 6.04 Å². The maximum absolute atomic E-state index is 14.3. The number of fused-ring (bicyclic) bond motifs is 1. The molecule has 2 rings (SSSR count). The van der Waals surface area contributed by atoms with Crippen LogP contribution in [0.15, 0.2) is 24.3 Å². The van der Waals surface area contributed by atoms with E-state index in [-0.39, 0.29) is 0 Å². The number of carbonyl (C=O) groups excluding carboxylic acids is 2. The second kappa shape index (κ2) is 5.84. The van der Waals surface area contributed by atoms with Gasteiger partial charge in [-0.15, -0.1) is 0 Å². The zero-order valence-corrected chi connectivity index (χ0v) is 12.5. The van der Waals surface area contributed by atoms with E-state index in [2.05, 4.69) is 5.32 Å². The van der Waals surface area contributed by atoms with Gasteiger partial charge in [-0.1, -0.05) is 24.3 Å². The van der Waals surface area contributed by atoms with Gasteiger partial charge in [-0.3, -0.25) is 4.79 Å². The van der Waals surface area contributed by atoms with Crippen molar-refractivity contribution < 1.29 is 18.7 Å². The van der Waals surface area contributed by atoms with Crippen molar-refractivity contribution in [3.05, 3.63) is 35.4 Å². The fourth-order valence-electron chi connectivity index (χ4n) is 2.37. The lowest BCUT2D eigenvalue weighted by Gasteiger charge is -2.22. The molecule has 0 spiro atoms. The summed E-state index contributed by atoms with van der Waals surface area (Å²) in [6.45, 7) is 5.19. The zero-order chi connectivity index (χ0) is 15.6. The highest BCUT2D eigenvalue weighted by atomic mass is 19.1. The average Bonchev–Trinajstić information content (AvgIpc) is 2.50. The summed E-state index contributed by atoms with van der Waals surface area (Å²) < 4.78 is 19.4. The van der Waals surface area contributed by atoms with Gasteiger partial charge in [0.25, 0.3) is 0 Å². The number of alkyl halides is 1. The highest BCUT2D eigenvalue weighted by molar-refractivity contribution is 5.92. The lowest BCUT2D eigenvalue weighted by atomic mass is 10.0. The van der Waals surface area contributed by atoms with E-state index in [1.807, 2.05) is 12.1 Å². The lowest BCUT2D eigenvalue weighted by molar-refractivity contribution is -0.126. The Bertz CT molecular complexity index is 551. The molecule has 0 fully saturated rings. The van der Waals surface area contributed by atoms with Crippen molar-refractivity contribution in [1.82, 2.24) is 5.32 Å². The number of benzene rings is 1. The number of halogens is 1. The Morgan fingerprint density at radius 3 is 2.67 bits per heavy atom. The Morgan fingerprint density at radius 2 is 2.00 bits per heavy atom. The van der Waals surface area contributed by atoms with Crippen LogP contribution in [-0.4, -0.2) is 23.5 Å². The molecular formula is C16H20FNO3. The van der Waals surface area contributed by atoms with Crippen LogP contribution in [0.5, 0.6) is 0 Å². The van der Waals surface area contributed by atoms with Crippen molar-refractivity contribution in [3.8, 4) is 0 Å². The molecule has 1 aromatic carbocycles. The van der Waals surface area contributed by atoms with Crippen LogP contribution < -0.4 is 5.32 Å². The number of ketones is 1. The number of rotatable bonds is 1. The zero-order valence-electron chi connectivity index (χ0n) is 12.5. The SMILES string of the molecule is CC(C)(C)OC(=O)NC1CCc2ccccc2C(F)C1=O. The fraction of sp³-hybridized carbons (Fsp3) is 0.500. The van der Waals surface area contributed by atoms with Crippen LogP contribution in [0.25, 0.3) is 0 Å². The van der Waals surface area contributed by atoms with Crippen LogP contribution in [0.1, 0.15) is 44.5 Å². The summed E-state index contributed by atoms with van der Waals surface area (Å²) in [5.74, 6) is -0.620. The summed E-state index contributed by atoms with van der Waals surface area (Å²) in [6.07, 6.45) is -1.49. The molecule has 4 nitrogen and oxygen atoms in total. The van der Waals surface area contributed by atoms with Crippen molar-refractivity contribution in [2.75, 3.05) is 0 Å². The van der Waals surface area contributed by atoms with Gasteiger partial charge < -0.3 is 10.1 Å². The largest absolute Gasteiger partial charge is 0.444 e. The molecular weight excluding hydrogens is 273 g/mol. The van der Waals surface area contributed by atoms with Gasteiger partial charge in [0.1, 0.15) is 5.60 Å². The van der Waals surface area contributed by atoms with E-state index in [1.54, 1.807) is 32.9 Å². The average molecular weight is 293 g/mol. The van der Waals surface area contributed by atoms with Gasteiger partial charge in [-0.25, -0.2) is 9.18 Å². The summed E-state index contributed by atoms with van der Waals surface area (Å²) in [5, 5.41) is 2.48. The third-order valence-corrected chi connectivity index (χ3v) is 3.31. The third kappa shape index (κ3) is 3.80. The third-order valence-electron chi connectivity index (χ3n) is 3.31. The monoisotopic (exact) mass is 293 g/mol. The van der Waals surface area contributed by atoms with Gasteiger partial charge in [-0.05, 0) is 44.7 Å². The first-order valence-corrected chi connectivity index (χ1v) is 7.03. The van der Waals surface area contributed by atoms with Crippen LogP contribution in [0.2, 0.25) is 0 Å². The Hall–Kier alpha value is -1.91. The topological polar surface area (TPSA) is 55.4 Å². The number of amides is 1. The molecule has 0 radical (unpaired) electrons. The molecule has 0 aromatic heterocycles. The Labute approximate surface area is 123 Å². The predicted octanol–water partition coefficient (Wildman–Crippen LogP) is 3.11. The molecule has 5 heteroatoms. The molecule has 2 unspecified atom stereocenters. The summed E-state index contributed by atoms with van der Waals surface area (Å²) in [4.78, 5) is 23.9. The van der Waals surface area contributed by atoms with Crippen molar-refractivity contribution in [2.24, 2.45) is 0 Å². The van der Waals surface area contributed by atoms with Crippen LogP contribution in [0.3, 0.4) is 0 Å². The van der Waals surface area contributed by atoms with E-state index in [9.17, 15) is 14.0 Å². The second-order valence-corrected chi connectivity index (χ2v) is 6.20. The number of ether oxygens (including phenoxy) is 1. The van der Waals surface area contributed by atoms with Crippen molar-refractivity contribution >= 4 is 11.9 Å². The Balaban J connectivity index is 2.11. The number of carbonyl (C=O) groups is 2. The molecule has 0 aliphatic heterocycles. The van der Waals surface area contributed by atoms with Crippen LogP contribution in [-0.2, 0) is 16.0 Å². The number of hydrogen-bond donors (Lipinski definition) is 1. The molecule has 0 bridgehead atoms. The number of alkyl carbamates (subject to hydrolysis) is 1. The van der Waals surface area contributed by atoms with Gasteiger partial charge in [0.15, 0.2) is 12.0 Å². The lowest BCUT2D eigenvalue weighted by Crippen LogP contribution is -2.44. The maximum Gasteiger partial charge on any atom is 0.408 e. The van der Waals surface area contributed by atoms with Crippen LogP contribution in [0, 0.1) is 0 Å². The minimum absolute atomic E-state index is 0.371. The van der Waals surface area contributed by atoms with E-state index in [4.69, 9.17) is 4.74 Å². The number of hydrogen-bond acceptors (Lipinski definition) is 3. The van der Waals surface area contributed by atoms with E-state index in [0.29, 0.717) is 18.4 Å². The molecule has 1 amide bonds. The smallest absolute Gasteiger partial charge is 0.408 e. The number of aryl methyl sites for hydroxylation is 1. The molecule has 1 aromatic rings. The van der Waals surface area contributed by atoms with Gasteiger partial charge >= 0.3 is 6.09 Å². The first-order valence-electron chi connectivity index (χ1n) is 7.03. The summed E-state index contributed by atoms with van der Waals surface area (Å²) in [5.41, 5.74) is 0.554. The minimum Gasteiger partial charge on any atom is -0.444 e. The van der Waals surface area contributed by atoms with Gasteiger partial charge in [0.2, 0.25) is 0 Å². The first kappa shape index (κ1) is 15.5. The van der Waals surface area contributed by atoms with E-state index in [0.717, 1.165) is 5.56 Å². The Kier molecular flexibility index (Phi) is 4.30. The van der Waals surface area contributed by atoms with E-state index in [1.165, 1.54) is 0 Å². The van der Waals surface area contributed by atoms with Crippen molar-refractivity contribution in [2.45, 2.75) is 51.4 Å². The Morgan fingerprint density at radius 1 is 1.33 bits per heavy atom. The maximum atomic E-state index is 14.3. The molecule has 0 saturated carbocycles. The summed E-state index contributed by atoms with van der Waals surface area (Å²) >= 11 is 0. The van der Waals surface area contributed by atoms with Crippen LogP contribution in [0.4, 0.5) is 9.18 Å². The predicted molar refractivity (Wildman–Crippen MR) is 76.8 cm³/mol. The first-order chi connectivity index (χ1) is 9.78. The van der Waals surface area contributed by atoms with E-state index < -0.39 is 29.7 Å². The molecule has 2 atom stereocenters. The van der Waals surface area contributed by atoms with Crippen LogP contribution >= 0.6 is 0 Å². The molecule has 1 aliphatic rings. The fourth-order valence-corrected chi connectivity index (χ4v) is 2.37. The molecule has 0 heterocycles. The second-order valence-electron chi connectivity index (χ2n) is 6.20. The summed E-state index contributed by atoms with van der Waals surface area (Å²) in [6, 6.07) is 6.10. The molecule has 114 valence electrons. The normalized spacial score (nSPS) is 22.2. The standard InChI is InChI=1S/C16H20FNO3/c1-16(2,3)21-15(20)18-12-9-8-10-6-4-5-7-11(10)13(17)14(12)19/h4-7,12-13H,8-9H2,1-3H3,(H,18,20). The molecule has 1 aliphatic carbocycles. The van der Waals surface area contributed by atoms with Crippen molar-refractivity contribution in [3.63, 3.8) is 0 Å². The minimum atomic E-state index is -1.70. The number of nitrogens with one attached hydrogen (secondary N) is 1. The van der Waals surface area contributed by atoms with Crippen molar-refractivity contribution in [1.29, 1.82) is 0 Å². The molecule has 1 N–H and O–H groups in total. The molecule has 21 heavy (non-hydrogen) atoms.